The van der Waals surface area contributed by atoms with Gasteiger partial charge in [0.2, 0.25) is 5.82 Å². The maximum Gasteiger partial charge on any atom is 0.205 e. The van der Waals surface area contributed by atoms with Crippen LogP contribution in [0, 0.1) is 29.6 Å². The van der Waals surface area contributed by atoms with E-state index in [1.165, 1.54) is 6.42 Å². The Balaban J connectivity index is 1.08. The minimum absolute atomic E-state index is 0.0921. The summed E-state index contributed by atoms with van der Waals surface area (Å²) in [5.41, 5.74) is 8.61. The Morgan fingerprint density at radius 1 is 1.18 bits per heavy atom. The summed E-state index contributed by atoms with van der Waals surface area (Å²) in [6.45, 7) is 5.20. The highest BCUT2D eigenvalue weighted by atomic mass is 19.1. The van der Waals surface area contributed by atoms with Crippen LogP contribution in [0.3, 0.4) is 0 Å². The van der Waals surface area contributed by atoms with Gasteiger partial charge in [-0.15, -0.1) is 10.2 Å². The number of phenols is 1. The van der Waals surface area contributed by atoms with Gasteiger partial charge < -0.3 is 15.7 Å². The molecule has 4 fully saturated rings. The molecule has 2 bridgehead atoms. The Bertz CT molecular complexity index is 1510. The summed E-state index contributed by atoms with van der Waals surface area (Å²) in [4.78, 5) is 13.8. The van der Waals surface area contributed by atoms with Crippen LogP contribution in [0.1, 0.15) is 44.1 Å². The number of nitrogens with two attached hydrogens (primary N) is 1. The van der Waals surface area contributed by atoms with E-state index in [-0.39, 0.29) is 11.2 Å². The largest absolute Gasteiger partial charge is 0.507 e. The number of benzene rings is 1. The highest BCUT2D eigenvalue weighted by Crippen LogP contribution is 2.64. The van der Waals surface area contributed by atoms with Crippen molar-refractivity contribution in [2.45, 2.75) is 43.7 Å². The Morgan fingerprint density at radius 2 is 2.05 bits per heavy atom. The van der Waals surface area contributed by atoms with Crippen LogP contribution in [0.25, 0.3) is 11.3 Å². The van der Waals surface area contributed by atoms with Crippen LogP contribution in [0.4, 0.5) is 15.9 Å². The third kappa shape index (κ3) is 4.35. The molecule has 5 atom stereocenters. The Hall–Kier alpha value is -3.77. The number of nitrogens with zero attached hydrogens (tertiary/aromatic N) is 6. The smallest absolute Gasteiger partial charge is 0.205 e. The van der Waals surface area contributed by atoms with Crippen LogP contribution in [0.15, 0.2) is 42.6 Å². The van der Waals surface area contributed by atoms with Gasteiger partial charge in [-0.05, 0) is 80.5 Å². The molecule has 9 heteroatoms. The van der Waals surface area contributed by atoms with Gasteiger partial charge in [0.15, 0.2) is 5.82 Å². The molecule has 0 spiro atoms. The highest BCUT2D eigenvalue weighted by Gasteiger charge is 2.62. The van der Waals surface area contributed by atoms with Crippen molar-refractivity contribution in [2.75, 3.05) is 43.4 Å². The fourth-order valence-corrected chi connectivity index (χ4v) is 7.80. The zero-order valence-corrected chi connectivity index (χ0v) is 22.7. The Kier molecular flexibility index (Phi) is 5.93. The third-order valence-corrected chi connectivity index (χ3v) is 9.57. The number of aromatic hydroxyl groups is 1. The molecule has 3 aromatic rings. The second-order valence-corrected chi connectivity index (χ2v) is 12.4. The highest BCUT2D eigenvalue weighted by molar-refractivity contribution is 5.74. The van der Waals surface area contributed by atoms with Gasteiger partial charge in [0, 0.05) is 43.4 Å². The van der Waals surface area contributed by atoms with E-state index in [0.29, 0.717) is 60.2 Å². The summed E-state index contributed by atoms with van der Waals surface area (Å²) >= 11 is 0. The molecule has 4 aliphatic rings. The second-order valence-electron chi connectivity index (χ2n) is 12.4. The number of rotatable bonds is 4. The van der Waals surface area contributed by atoms with E-state index in [1.807, 2.05) is 24.4 Å². The Labute approximate surface area is 233 Å². The molecule has 8 nitrogen and oxygen atoms in total. The van der Waals surface area contributed by atoms with Gasteiger partial charge in [-0.2, -0.15) is 0 Å². The van der Waals surface area contributed by atoms with Gasteiger partial charge in [-0.3, -0.25) is 4.90 Å². The monoisotopic (exact) mass is 539 g/mol. The van der Waals surface area contributed by atoms with E-state index in [1.54, 1.807) is 19.1 Å². The lowest BCUT2D eigenvalue weighted by Crippen LogP contribution is -2.53. The number of fused-ring (bicyclic) bond motifs is 1. The number of aromatic nitrogens is 4. The van der Waals surface area contributed by atoms with Crippen molar-refractivity contribution < 1.29 is 9.50 Å². The van der Waals surface area contributed by atoms with Crippen molar-refractivity contribution in [1.82, 2.24) is 25.1 Å². The van der Waals surface area contributed by atoms with E-state index in [0.717, 1.165) is 43.9 Å². The zero-order chi connectivity index (χ0) is 27.5. The fourth-order valence-electron chi connectivity index (χ4n) is 7.80. The topological polar surface area (TPSA) is 104 Å². The van der Waals surface area contributed by atoms with Gasteiger partial charge in [0.1, 0.15) is 11.4 Å². The number of likely N-dealkylation sites (tertiary alicyclic amines) is 1. The minimum Gasteiger partial charge on any atom is -0.507 e. The van der Waals surface area contributed by atoms with E-state index in [2.05, 4.69) is 42.9 Å². The number of hydrogen-bond acceptors (Lipinski definition) is 8. The number of halogens is 1. The average Bonchev–Trinajstić information content (AvgIpc) is 3.36. The number of nitrogen functional groups attached to an aromatic ring is 1. The summed E-state index contributed by atoms with van der Waals surface area (Å²) in [5, 5.41) is 18.9. The first-order chi connectivity index (χ1) is 19.3. The van der Waals surface area contributed by atoms with Crippen molar-refractivity contribution in [1.29, 1.82) is 0 Å². The summed E-state index contributed by atoms with van der Waals surface area (Å²) < 4.78 is 14.1. The molecule has 2 aliphatic carbocycles. The van der Waals surface area contributed by atoms with Crippen molar-refractivity contribution in [3.8, 4) is 28.8 Å². The normalized spacial score (nSPS) is 30.9. The maximum atomic E-state index is 14.1. The maximum absolute atomic E-state index is 14.1. The first-order valence-corrected chi connectivity index (χ1v) is 14.2. The van der Waals surface area contributed by atoms with E-state index in [4.69, 9.17) is 10.7 Å². The predicted octanol–water partition coefficient (Wildman–Crippen LogP) is 3.81. The number of para-hydroxylation sites is 1. The van der Waals surface area contributed by atoms with Crippen LogP contribution >= 0.6 is 0 Å². The van der Waals surface area contributed by atoms with Crippen molar-refractivity contribution in [3.05, 3.63) is 54.1 Å². The molecule has 206 valence electrons. The van der Waals surface area contributed by atoms with Crippen LogP contribution in [0.5, 0.6) is 5.75 Å². The molecular formula is C31H34FN7O. The molecule has 40 heavy (non-hydrogen) atoms. The molecule has 2 saturated heterocycles. The fraction of sp³-hybridized carbons (Fsp3) is 0.484. The SMILES string of the molecule is CC1(F)CCN(CC#Cc2nccc(C34CC5CC3C(CN(c3cc(-c6ccccc6O)nnc3N)C5)C4)n2)C1. The molecule has 2 saturated carbocycles. The predicted molar refractivity (Wildman–Crippen MR) is 151 cm³/mol. The van der Waals surface area contributed by atoms with E-state index in [9.17, 15) is 9.50 Å². The number of anilines is 2. The molecular weight excluding hydrogens is 505 g/mol. The molecule has 0 radical (unpaired) electrons. The van der Waals surface area contributed by atoms with Crippen molar-refractivity contribution in [3.63, 3.8) is 0 Å². The molecule has 1 aromatic carbocycles. The molecule has 2 aliphatic heterocycles. The number of hydrogen-bond donors (Lipinski definition) is 2. The van der Waals surface area contributed by atoms with E-state index >= 15 is 0 Å². The van der Waals surface area contributed by atoms with Crippen molar-refractivity contribution in [2.24, 2.45) is 17.8 Å². The summed E-state index contributed by atoms with van der Waals surface area (Å²) in [5.74, 6) is 9.10. The van der Waals surface area contributed by atoms with Crippen LogP contribution in [-0.4, -0.2) is 68.6 Å². The lowest BCUT2D eigenvalue weighted by atomic mass is 9.53. The molecule has 0 amide bonds. The summed E-state index contributed by atoms with van der Waals surface area (Å²) in [6, 6.07) is 11.2. The quantitative estimate of drug-likeness (QED) is 0.483. The van der Waals surface area contributed by atoms with Gasteiger partial charge >= 0.3 is 0 Å². The van der Waals surface area contributed by atoms with Gasteiger partial charge in [0.05, 0.1) is 23.6 Å². The second kappa shape index (κ2) is 9.41. The lowest BCUT2D eigenvalue weighted by molar-refractivity contribution is 0.0598. The molecule has 4 heterocycles. The third-order valence-electron chi connectivity index (χ3n) is 9.57. The van der Waals surface area contributed by atoms with E-state index < -0.39 is 5.67 Å². The first kappa shape index (κ1) is 25.2. The Morgan fingerprint density at radius 3 is 2.88 bits per heavy atom. The summed E-state index contributed by atoms with van der Waals surface area (Å²) in [7, 11) is 0. The average molecular weight is 540 g/mol. The van der Waals surface area contributed by atoms with Crippen LogP contribution < -0.4 is 10.6 Å². The van der Waals surface area contributed by atoms with Crippen molar-refractivity contribution >= 4 is 11.5 Å². The minimum atomic E-state index is -1.11. The molecule has 5 unspecified atom stereocenters. The zero-order valence-electron chi connectivity index (χ0n) is 22.7. The van der Waals surface area contributed by atoms with Gasteiger partial charge in [0.25, 0.3) is 0 Å². The standard InChI is InChI=1S/C31H34FN7O/c1-30(32)9-12-38(19-30)11-4-7-28-34-10-8-27(35-28)31-15-20-13-23(31)21(16-31)18-39(17-20)25-14-24(36-37-29(25)33)22-5-2-3-6-26(22)40/h2-3,5-6,8,10,14,20-21,23,40H,9,11-13,15-19H2,1H3,(H2,33,37). The molecule has 7 rings (SSSR count). The van der Waals surface area contributed by atoms with Gasteiger partial charge in [-0.1, -0.05) is 18.1 Å². The number of alkyl halides is 1. The van der Waals surface area contributed by atoms with Crippen LogP contribution in [0.2, 0.25) is 0 Å². The first-order valence-electron chi connectivity index (χ1n) is 14.2. The lowest BCUT2D eigenvalue weighted by Gasteiger charge is -2.53. The number of phenolic OH excluding ortho intramolecular Hbond substituents is 1. The molecule has 2 aromatic heterocycles. The van der Waals surface area contributed by atoms with Crippen LogP contribution in [-0.2, 0) is 5.41 Å². The van der Waals surface area contributed by atoms with Gasteiger partial charge in [-0.25, -0.2) is 14.4 Å². The molecule has 3 N–H and O–H groups in total. The summed E-state index contributed by atoms with van der Waals surface area (Å²) in [6.07, 6.45) is 5.75.